The van der Waals surface area contributed by atoms with Crippen LogP contribution in [-0.4, -0.2) is 73.3 Å². The quantitative estimate of drug-likeness (QED) is 0.0480. The van der Waals surface area contributed by atoms with Gasteiger partial charge in [0, 0.05) is 57.2 Å². The van der Waals surface area contributed by atoms with Gasteiger partial charge in [0.1, 0.15) is 17.5 Å². The van der Waals surface area contributed by atoms with Crippen molar-refractivity contribution in [2.45, 2.75) is 64.5 Å². The highest BCUT2D eigenvalue weighted by atomic mass is 16.5. The van der Waals surface area contributed by atoms with E-state index in [1.165, 1.54) is 11.1 Å². The number of anilines is 1. The van der Waals surface area contributed by atoms with Crippen molar-refractivity contribution in [1.82, 2.24) is 10.2 Å². The van der Waals surface area contributed by atoms with Crippen molar-refractivity contribution in [1.29, 1.82) is 0 Å². The molecule has 2 aliphatic rings. The molecule has 1 unspecified atom stereocenters. The fraction of sp³-hybridized carbons (Fsp3) is 0.356. The highest BCUT2D eigenvalue weighted by Crippen LogP contribution is 2.36. The molecule has 0 aromatic heterocycles. The zero-order valence-electron chi connectivity index (χ0n) is 31.6. The van der Waals surface area contributed by atoms with Gasteiger partial charge in [-0.15, -0.1) is 0 Å². The second-order valence-electron chi connectivity index (χ2n) is 13.8. The van der Waals surface area contributed by atoms with Crippen LogP contribution in [0.2, 0.25) is 0 Å². The van der Waals surface area contributed by atoms with E-state index in [2.05, 4.69) is 54.0 Å². The third kappa shape index (κ3) is 10.6. The van der Waals surface area contributed by atoms with Crippen LogP contribution in [0.3, 0.4) is 0 Å². The standard InChI is InChI=1S/C45H51N3O7/c1-2-39(32-10-4-3-5-11-32)43(33-12-17-37(49)18-13-33)34-14-19-38(20-15-34)55-29-7-6-25-53-27-9-28-54-26-8-24-46-36-16-21-40-35(30-36)31-48(45(40)52)41-22-23-42(50)47-44(41)51/h3-5,10-21,30,41,46,49H,2,6-9,22-29,31H2,1H3,(H,47,50,51)/b43-39-. The van der Waals surface area contributed by atoms with Gasteiger partial charge in [-0.25, -0.2) is 0 Å². The molecule has 10 heteroatoms. The van der Waals surface area contributed by atoms with Gasteiger partial charge in [-0.05, 0) is 114 Å². The number of unbranched alkanes of at least 4 members (excludes halogenated alkanes) is 1. The molecule has 10 nitrogen and oxygen atoms in total. The molecule has 1 saturated heterocycles. The van der Waals surface area contributed by atoms with E-state index in [1.54, 1.807) is 23.1 Å². The lowest BCUT2D eigenvalue weighted by atomic mass is 9.88. The third-order valence-electron chi connectivity index (χ3n) is 9.92. The highest BCUT2D eigenvalue weighted by molar-refractivity contribution is 6.05. The maximum absolute atomic E-state index is 12.9. The summed E-state index contributed by atoms with van der Waals surface area (Å²) in [7, 11) is 0. The van der Waals surface area contributed by atoms with Crippen molar-refractivity contribution in [2.24, 2.45) is 0 Å². The molecule has 3 N–H and O–H groups in total. The Morgan fingerprint density at radius 3 is 2.16 bits per heavy atom. The van der Waals surface area contributed by atoms with Crippen LogP contribution in [0.4, 0.5) is 5.69 Å². The number of piperidine rings is 1. The van der Waals surface area contributed by atoms with E-state index in [-0.39, 0.29) is 24.0 Å². The van der Waals surface area contributed by atoms with Gasteiger partial charge in [0.25, 0.3) is 5.91 Å². The zero-order chi connectivity index (χ0) is 38.4. The summed E-state index contributed by atoms with van der Waals surface area (Å²) in [5.41, 5.74) is 8.15. The SMILES string of the molecule is CC/C(=C(\c1ccc(O)cc1)c1ccc(OCCCCOCCCOCCCNc2ccc3c(c2)CN(C2CCC(=O)NC2=O)C3=O)cc1)c1ccccc1. The van der Waals surface area contributed by atoms with Crippen molar-refractivity contribution in [3.63, 3.8) is 0 Å². The molecule has 4 aromatic rings. The van der Waals surface area contributed by atoms with E-state index in [4.69, 9.17) is 14.2 Å². The molecule has 0 radical (unpaired) electrons. The number of imide groups is 1. The number of nitrogens with one attached hydrogen (secondary N) is 2. The van der Waals surface area contributed by atoms with Gasteiger partial charge in [-0.1, -0.05) is 61.5 Å². The van der Waals surface area contributed by atoms with Crippen molar-refractivity contribution < 1.29 is 33.7 Å². The molecule has 0 saturated carbocycles. The lowest BCUT2D eigenvalue weighted by molar-refractivity contribution is -0.136. The normalized spacial score (nSPS) is 15.8. The Morgan fingerprint density at radius 2 is 1.45 bits per heavy atom. The topological polar surface area (TPSA) is 126 Å². The fourth-order valence-corrected chi connectivity index (χ4v) is 7.08. The van der Waals surface area contributed by atoms with Crippen molar-refractivity contribution in [2.75, 3.05) is 44.9 Å². The van der Waals surface area contributed by atoms with Gasteiger partial charge in [-0.3, -0.25) is 19.7 Å². The van der Waals surface area contributed by atoms with Gasteiger partial charge < -0.3 is 29.5 Å². The average molecular weight is 746 g/mol. The van der Waals surface area contributed by atoms with Crippen LogP contribution in [-0.2, 0) is 25.6 Å². The number of benzene rings is 4. The van der Waals surface area contributed by atoms with Crippen LogP contribution in [0.15, 0.2) is 97.1 Å². The van der Waals surface area contributed by atoms with Crippen molar-refractivity contribution in [3.05, 3.63) is 125 Å². The molecule has 0 spiro atoms. The first kappa shape index (κ1) is 39.2. The van der Waals surface area contributed by atoms with E-state index >= 15 is 0 Å². The molecule has 6 rings (SSSR count). The van der Waals surface area contributed by atoms with Gasteiger partial charge >= 0.3 is 0 Å². The van der Waals surface area contributed by atoms with Crippen molar-refractivity contribution in [3.8, 4) is 11.5 Å². The molecule has 55 heavy (non-hydrogen) atoms. The lowest BCUT2D eigenvalue weighted by Crippen LogP contribution is -2.52. The Hall–Kier alpha value is -5.45. The minimum atomic E-state index is -0.607. The number of hydrogen-bond acceptors (Lipinski definition) is 8. The number of ether oxygens (including phenoxy) is 3. The van der Waals surface area contributed by atoms with Crippen LogP contribution in [0.25, 0.3) is 11.1 Å². The number of aromatic hydroxyl groups is 1. The molecular weight excluding hydrogens is 695 g/mol. The average Bonchev–Trinajstić information content (AvgIpc) is 3.52. The molecule has 288 valence electrons. The Balaban J connectivity index is 0.818. The lowest BCUT2D eigenvalue weighted by Gasteiger charge is -2.29. The number of carbonyl (C=O) groups is 3. The van der Waals surface area contributed by atoms with E-state index in [0.717, 1.165) is 72.3 Å². The molecule has 0 aliphatic carbocycles. The van der Waals surface area contributed by atoms with Gasteiger partial charge in [-0.2, -0.15) is 0 Å². The summed E-state index contributed by atoms with van der Waals surface area (Å²) < 4.78 is 17.6. The summed E-state index contributed by atoms with van der Waals surface area (Å²) in [6, 6.07) is 31.1. The molecule has 1 atom stereocenters. The predicted octanol–water partition coefficient (Wildman–Crippen LogP) is 7.61. The van der Waals surface area contributed by atoms with Gasteiger partial charge in [0.15, 0.2) is 0 Å². The first-order valence-corrected chi connectivity index (χ1v) is 19.4. The number of allylic oxidation sites excluding steroid dienone is 1. The largest absolute Gasteiger partial charge is 0.508 e. The Kier molecular flexibility index (Phi) is 14.1. The Morgan fingerprint density at radius 1 is 0.782 bits per heavy atom. The number of nitrogens with zero attached hydrogens (tertiary/aromatic N) is 1. The summed E-state index contributed by atoms with van der Waals surface area (Å²) in [6.45, 7) is 6.51. The van der Waals surface area contributed by atoms with E-state index in [1.807, 2.05) is 42.5 Å². The fourth-order valence-electron chi connectivity index (χ4n) is 7.08. The highest BCUT2D eigenvalue weighted by Gasteiger charge is 2.39. The third-order valence-corrected chi connectivity index (χ3v) is 9.92. The first-order valence-electron chi connectivity index (χ1n) is 19.4. The molecule has 4 aromatic carbocycles. The predicted molar refractivity (Wildman–Crippen MR) is 214 cm³/mol. The van der Waals surface area contributed by atoms with Crippen LogP contribution >= 0.6 is 0 Å². The number of amides is 3. The van der Waals surface area contributed by atoms with Gasteiger partial charge in [0.2, 0.25) is 11.8 Å². The minimum Gasteiger partial charge on any atom is -0.508 e. The Bertz CT molecular complexity index is 1930. The summed E-state index contributed by atoms with van der Waals surface area (Å²) in [5.74, 6) is 0.232. The maximum atomic E-state index is 12.9. The molecular formula is C45H51N3O7. The van der Waals surface area contributed by atoms with Crippen LogP contribution in [0.5, 0.6) is 11.5 Å². The number of phenolic OH excluding ortho intramolecular Hbond substituents is 1. The smallest absolute Gasteiger partial charge is 0.255 e. The van der Waals surface area contributed by atoms with E-state index in [0.29, 0.717) is 51.6 Å². The second-order valence-corrected chi connectivity index (χ2v) is 13.8. The number of phenols is 1. The van der Waals surface area contributed by atoms with Crippen molar-refractivity contribution >= 4 is 34.6 Å². The van der Waals surface area contributed by atoms with Crippen LogP contribution < -0.4 is 15.4 Å². The molecule has 2 aliphatic heterocycles. The molecule has 2 heterocycles. The first-order chi connectivity index (χ1) is 26.9. The van der Waals surface area contributed by atoms with Gasteiger partial charge in [0.05, 0.1) is 6.61 Å². The molecule has 3 amide bonds. The number of carbonyl (C=O) groups excluding carboxylic acids is 3. The van der Waals surface area contributed by atoms with E-state index < -0.39 is 11.9 Å². The summed E-state index contributed by atoms with van der Waals surface area (Å²) >= 11 is 0. The maximum Gasteiger partial charge on any atom is 0.255 e. The number of hydrogen-bond donors (Lipinski definition) is 3. The minimum absolute atomic E-state index is 0.166. The number of fused-ring (bicyclic) bond motifs is 1. The van der Waals surface area contributed by atoms with Crippen LogP contribution in [0.1, 0.15) is 84.5 Å². The molecule has 0 bridgehead atoms. The zero-order valence-corrected chi connectivity index (χ0v) is 31.6. The summed E-state index contributed by atoms with van der Waals surface area (Å²) in [4.78, 5) is 38.2. The summed E-state index contributed by atoms with van der Waals surface area (Å²) in [5, 5.41) is 15.6. The monoisotopic (exact) mass is 745 g/mol. The van der Waals surface area contributed by atoms with Crippen LogP contribution in [0, 0.1) is 0 Å². The summed E-state index contributed by atoms with van der Waals surface area (Å²) in [6.07, 6.45) is 4.96. The second kappa shape index (κ2) is 19.8. The Labute approximate surface area is 323 Å². The molecule has 1 fully saturated rings. The number of rotatable bonds is 20. The van der Waals surface area contributed by atoms with E-state index in [9.17, 15) is 19.5 Å².